The lowest BCUT2D eigenvalue weighted by Crippen LogP contribution is -2.38. The van der Waals surface area contributed by atoms with E-state index in [1.54, 1.807) is 20.0 Å². The van der Waals surface area contributed by atoms with E-state index in [-0.39, 0.29) is 16.1 Å². The van der Waals surface area contributed by atoms with Crippen LogP contribution in [0.25, 0.3) is 0 Å². The molecule has 5 heteroatoms. The molecule has 1 aromatic heterocycles. The Bertz CT molecular complexity index is 470. The molecule has 1 rings (SSSR count). The van der Waals surface area contributed by atoms with Gasteiger partial charge in [0, 0.05) is 29.4 Å². The Hall–Kier alpha value is -1.49. The average molecular weight is 265 g/mol. The average Bonchev–Trinajstić information content (AvgIpc) is 2.27. The van der Waals surface area contributed by atoms with Crippen molar-refractivity contribution < 1.29 is 4.92 Å². The summed E-state index contributed by atoms with van der Waals surface area (Å²) in [6, 6.07) is 0. The van der Waals surface area contributed by atoms with Gasteiger partial charge in [-0.1, -0.05) is 13.3 Å². The zero-order valence-corrected chi connectivity index (χ0v) is 12.4. The highest BCUT2D eigenvalue weighted by atomic mass is 16.6. The third-order valence-corrected chi connectivity index (χ3v) is 3.37. The highest BCUT2D eigenvalue weighted by molar-refractivity contribution is 5.47. The second-order valence-electron chi connectivity index (χ2n) is 5.61. The molecule has 0 aliphatic heterocycles. The quantitative estimate of drug-likeness (QED) is 0.633. The SMILES string of the molecule is CCCC(C)(C)NCc1ncc(C)c([N+](=O)[O-])c1C. The minimum Gasteiger partial charge on any atom is -0.306 e. The molecule has 1 aromatic rings. The molecule has 0 atom stereocenters. The first-order chi connectivity index (χ1) is 8.78. The molecule has 1 heterocycles. The zero-order valence-electron chi connectivity index (χ0n) is 12.4. The molecule has 106 valence electrons. The second kappa shape index (κ2) is 6.10. The molecule has 0 radical (unpaired) electrons. The summed E-state index contributed by atoms with van der Waals surface area (Å²) in [5.41, 5.74) is 2.22. The summed E-state index contributed by atoms with van der Waals surface area (Å²) >= 11 is 0. The highest BCUT2D eigenvalue weighted by Crippen LogP contribution is 2.24. The molecule has 5 nitrogen and oxygen atoms in total. The molecule has 0 fully saturated rings. The summed E-state index contributed by atoms with van der Waals surface area (Å²) in [6.07, 6.45) is 3.73. The van der Waals surface area contributed by atoms with Crippen LogP contribution in [0.3, 0.4) is 0 Å². The number of pyridine rings is 1. The van der Waals surface area contributed by atoms with E-state index in [2.05, 4.69) is 31.1 Å². The van der Waals surface area contributed by atoms with Crippen LogP contribution in [-0.4, -0.2) is 15.4 Å². The van der Waals surface area contributed by atoms with Crippen LogP contribution in [0.4, 0.5) is 5.69 Å². The van der Waals surface area contributed by atoms with Crippen molar-refractivity contribution in [2.75, 3.05) is 0 Å². The van der Waals surface area contributed by atoms with Crippen LogP contribution in [0.2, 0.25) is 0 Å². The maximum Gasteiger partial charge on any atom is 0.278 e. The van der Waals surface area contributed by atoms with Crippen molar-refractivity contribution >= 4 is 5.69 Å². The molecular weight excluding hydrogens is 242 g/mol. The molecule has 0 aliphatic carbocycles. The van der Waals surface area contributed by atoms with Gasteiger partial charge in [-0.05, 0) is 34.1 Å². The lowest BCUT2D eigenvalue weighted by molar-refractivity contribution is -0.386. The Kier molecular flexibility index (Phi) is 5.00. The molecule has 0 unspecified atom stereocenters. The monoisotopic (exact) mass is 265 g/mol. The Morgan fingerprint density at radius 1 is 1.42 bits per heavy atom. The van der Waals surface area contributed by atoms with Gasteiger partial charge in [0.1, 0.15) is 0 Å². The van der Waals surface area contributed by atoms with E-state index in [1.165, 1.54) is 0 Å². The van der Waals surface area contributed by atoms with Crippen molar-refractivity contribution in [2.24, 2.45) is 0 Å². The van der Waals surface area contributed by atoms with Gasteiger partial charge in [-0.25, -0.2) is 0 Å². The van der Waals surface area contributed by atoms with E-state index in [0.29, 0.717) is 17.7 Å². The molecule has 0 spiro atoms. The summed E-state index contributed by atoms with van der Waals surface area (Å²) in [7, 11) is 0. The number of rotatable bonds is 6. The molecule has 0 bridgehead atoms. The highest BCUT2D eigenvalue weighted by Gasteiger charge is 2.21. The minimum absolute atomic E-state index is 0.0164. The fourth-order valence-electron chi connectivity index (χ4n) is 2.26. The second-order valence-corrected chi connectivity index (χ2v) is 5.61. The van der Waals surface area contributed by atoms with Gasteiger partial charge in [0.25, 0.3) is 5.69 Å². The van der Waals surface area contributed by atoms with Crippen molar-refractivity contribution in [1.82, 2.24) is 10.3 Å². The minimum atomic E-state index is -0.326. The number of nitro groups is 1. The number of nitrogens with one attached hydrogen (secondary N) is 1. The smallest absolute Gasteiger partial charge is 0.278 e. The van der Waals surface area contributed by atoms with Crippen molar-refractivity contribution in [3.05, 3.63) is 33.1 Å². The Morgan fingerprint density at radius 2 is 2.05 bits per heavy atom. The van der Waals surface area contributed by atoms with E-state index in [9.17, 15) is 10.1 Å². The van der Waals surface area contributed by atoms with Crippen LogP contribution in [0.5, 0.6) is 0 Å². The topological polar surface area (TPSA) is 68.1 Å². The third kappa shape index (κ3) is 3.99. The van der Waals surface area contributed by atoms with Crippen molar-refractivity contribution in [2.45, 2.75) is 59.5 Å². The van der Waals surface area contributed by atoms with E-state index in [1.807, 2.05) is 0 Å². The van der Waals surface area contributed by atoms with E-state index < -0.39 is 0 Å². The lowest BCUT2D eigenvalue weighted by Gasteiger charge is -2.26. The van der Waals surface area contributed by atoms with E-state index in [0.717, 1.165) is 18.5 Å². The summed E-state index contributed by atoms with van der Waals surface area (Å²) in [6.45, 7) is 10.4. The van der Waals surface area contributed by atoms with Gasteiger partial charge >= 0.3 is 0 Å². The first kappa shape index (κ1) is 15.6. The molecule has 0 aliphatic rings. The Labute approximate surface area is 114 Å². The van der Waals surface area contributed by atoms with E-state index in [4.69, 9.17) is 0 Å². The zero-order chi connectivity index (χ0) is 14.6. The fraction of sp³-hybridized carbons (Fsp3) is 0.643. The van der Waals surface area contributed by atoms with Crippen LogP contribution in [0, 0.1) is 24.0 Å². The summed E-state index contributed by atoms with van der Waals surface area (Å²) in [5, 5.41) is 14.5. The molecule has 0 saturated carbocycles. The van der Waals surface area contributed by atoms with Crippen molar-refractivity contribution in [3.63, 3.8) is 0 Å². The van der Waals surface area contributed by atoms with Crippen LogP contribution in [0.15, 0.2) is 6.20 Å². The lowest BCUT2D eigenvalue weighted by atomic mass is 9.98. The number of hydrogen-bond donors (Lipinski definition) is 1. The third-order valence-electron chi connectivity index (χ3n) is 3.37. The maximum atomic E-state index is 11.1. The molecule has 0 aromatic carbocycles. The van der Waals surface area contributed by atoms with Gasteiger partial charge < -0.3 is 5.32 Å². The Morgan fingerprint density at radius 3 is 2.58 bits per heavy atom. The van der Waals surface area contributed by atoms with Crippen LogP contribution in [-0.2, 0) is 6.54 Å². The van der Waals surface area contributed by atoms with Crippen molar-refractivity contribution in [1.29, 1.82) is 0 Å². The first-order valence-electron chi connectivity index (χ1n) is 6.63. The molecule has 0 amide bonds. The molecule has 19 heavy (non-hydrogen) atoms. The molecule has 0 saturated heterocycles. The van der Waals surface area contributed by atoms with Gasteiger partial charge in [0.05, 0.1) is 10.6 Å². The molecular formula is C14H23N3O2. The van der Waals surface area contributed by atoms with Crippen LogP contribution < -0.4 is 5.32 Å². The molecule has 1 N–H and O–H groups in total. The van der Waals surface area contributed by atoms with Gasteiger partial charge in [-0.3, -0.25) is 15.1 Å². The number of aromatic nitrogens is 1. The normalized spacial score (nSPS) is 11.6. The summed E-state index contributed by atoms with van der Waals surface area (Å²) in [4.78, 5) is 15.0. The summed E-state index contributed by atoms with van der Waals surface area (Å²) < 4.78 is 0. The number of nitrogens with zero attached hydrogens (tertiary/aromatic N) is 2. The van der Waals surface area contributed by atoms with Gasteiger partial charge in [-0.15, -0.1) is 0 Å². The maximum absolute atomic E-state index is 11.1. The van der Waals surface area contributed by atoms with Crippen molar-refractivity contribution in [3.8, 4) is 0 Å². The predicted octanol–water partition coefficient (Wildman–Crippen LogP) is 3.27. The standard InChI is InChI=1S/C14H23N3O2/c1-6-7-14(4,5)16-9-12-11(3)13(17(18)19)10(2)8-15-12/h8,16H,6-7,9H2,1-5H3. The van der Waals surface area contributed by atoms with Gasteiger partial charge in [0.15, 0.2) is 0 Å². The fourth-order valence-corrected chi connectivity index (χ4v) is 2.26. The number of aryl methyl sites for hydroxylation is 1. The van der Waals surface area contributed by atoms with Gasteiger partial charge in [0.2, 0.25) is 0 Å². The van der Waals surface area contributed by atoms with Gasteiger partial charge in [-0.2, -0.15) is 0 Å². The summed E-state index contributed by atoms with van der Waals surface area (Å²) in [5.74, 6) is 0. The number of hydrogen-bond acceptors (Lipinski definition) is 4. The Balaban J connectivity index is 2.92. The largest absolute Gasteiger partial charge is 0.306 e. The van der Waals surface area contributed by atoms with Crippen LogP contribution >= 0.6 is 0 Å². The first-order valence-corrected chi connectivity index (χ1v) is 6.63. The van der Waals surface area contributed by atoms with E-state index >= 15 is 0 Å². The van der Waals surface area contributed by atoms with Crippen LogP contribution in [0.1, 0.15) is 50.4 Å². The predicted molar refractivity (Wildman–Crippen MR) is 76.2 cm³/mol.